The molecule has 0 aromatic heterocycles. The second kappa shape index (κ2) is 0.648. The fraction of sp³-hybridized carbons (Fsp3) is 1.00. The molecule has 0 amide bonds. The molecule has 0 heterocycles. The number of hydrogen-bond donors (Lipinski definition) is 1. The van der Waals surface area contributed by atoms with Gasteiger partial charge in [0.05, 0.1) is 6.10 Å². The molecule has 1 nitrogen and oxygen atoms in total. The third-order valence-electron chi connectivity index (χ3n) is 2.02. The van der Waals surface area contributed by atoms with E-state index >= 15 is 0 Å². The summed E-state index contributed by atoms with van der Waals surface area (Å²) in [5.41, 5.74) is 0. The number of aliphatic hydroxyl groups excluding tert-OH is 1. The van der Waals surface area contributed by atoms with E-state index in [-0.39, 0.29) is 6.10 Å². The molecule has 2 aliphatic rings. The SMILES string of the molecule is O[C@@H]1CC2C[C@H]21. The minimum absolute atomic E-state index is 0.106. The normalized spacial score (nSPS) is 62.5. The van der Waals surface area contributed by atoms with Crippen LogP contribution in [0, 0.1) is 11.8 Å². The zero-order chi connectivity index (χ0) is 4.15. The van der Waals surface area contributed by atoms with E-state index in [1.807, 2.05) is 0 Å². The summed E-state index contributed by atoms with van der Waals surface area (Å²) in [6.45, 7) is 0. The highest BCUT2D eigenvalue weighted by Crippen LogP contribution is 2.55. The first-order valence-corrected chi connectivity index (χ1v) is 2.56. The van der Waals surface area contributed by atoms with Gasteiger partial charge in [-0.05, 0) is 24.7 Å². The topological polar surface area (TPSA) is 20.2 Å². The molecule has 3 atom stereocenters. The van der Waals surface area contributed by atoms with Gasteiger partial charge >= 0.3 is 0 Å². The molecule has 0 bridgehead atoms. The van der Waals surface area contributed by atoms with Gasteiger partial charge in [-0.1, -0.05) is 0 Å². The molecule has 2 saturated carbocycles. The Morgan fingerprint density at radius 3 is 2.17 bits per heavy atom. The van der Waals surface area contributed by atoms with Crippen LogP contribution >= 0.6 is 0 Å². The molecular weight excluding hydrogens is 76.1 g/mol. The highest BCUT2D eigenvalue weighted by atomic mass is 16.3. The summed E-state index contributed by atoms with van der Waals surface area (Å²) in [4.78, 5) is 0. The molecule has 1 heteroatoms. The van der Waals surface area contributed by atoms with Crippen LogP contribution in [0.25, 0.3) is 0 Å². The molecule has 0 spiro atoms. The maximum atomic E-state index is 8.76. The molecule has 0 aliphatic heterocycles. The summed E-state index contributed by atoms with van der Waals surface area (Å²) in [5, 5.41) is 8.76. The van der Waals surface area contributed by atoms with Crippen molar-refractivity contribution in [3.8, 4) is 0 Å². The van der Waals surface area contributed by atoms with Crippen LogP contribution < -0.4 is 0 Å². The third-order valence-corrected chi connectivity index (χ3v) is 2.02. The third kappa shape index (κ3) is 0.178. The monoisotopic (exact) mass is 84.1 g/mol. The van der Waals surface area contributed by atoms with Crippen LogP contribution in [0.3, 0.4) is 0 Å². The molecule has 34 valence electrons. The molecule has 0 aromatic rings. The lowest BCUT2D eigenvalue weighted by molar-refractivity contribution is 0.0808. The average Bonchev–Trinajstić information content (AvgIpc) is 2.12. The van der Waals surface area contributed by atoms with E-state index in [1.54, 1.807) is 0 Å². The van der Waals surface area contributed by atoms with Gasteiger partial charge in [0.15, 0.2) is 0 Å². The van der Waals surface area contributed by atoms with E-state index in [0.29, 0.717) is 0 Å². The Morgan fingerprint density at radius 2 is 2.17 bits per heavy atom. The summed E-state index contributed by atoms with van der Waals surface area (Å²) in [6, 6.07) is 0. The van der Waals surface area contributed by atoms with Crippen molar-refractivity contribution in [1.29, 1.82) is 0 Å². The molecule has 0 aromatic carbocycles. The fourth-order valence-electron chi connectivity index (χ4n) is 1.30. The highest BCUT2D eigenvalue weighted by molar-refractivity contribution is 5.02. The van der Waals surface area contributed by atoms with Crippen LogP contribution in [0.2, 0.25) is 0 Å². The van der Waals surface area contributed by atoms with Crippen molar-refractivity contribution in [2.24, 2.45) is 11.8 Å². The van der Waals surface area contributed by atoms with E-state index in [0.717, 1.165) is 18.3 Å². The van der Waals surface area contributed by atoms with Gasteiger partial charge in [0.2, 0.25) is 0 Å². The molecule has 1 unspecified atom stereocenters. The Bertz CT molecular complexity index is 80.0. The molecule has 2 rings (SSSR count). The lowest BCUT2D eigenvalue weighted by Crippen LogP contribution is -2.20. The van der Waals surface area contributed by atoms with Crippen molar-refractivity contribution < 1.29 is 5.11 Å². The van der Waals surface area contributed by atoms with Gasteiger partial charge in [-0.15, -0.1) is 0 Å². The minimum atomic E-state index is 0.106. The van der Waals surface area contributed by atoms with Gasteiger partial charge in [0.25, 0.3) is 0 Å². The minimum Gasteiger partial charge on any atom is -0.393 e. The van der Waals surface area contributed by atoms with E-state index in [1.165, 1.54) is 6.42 Å². The van der Waals surface area contributed by atoms with Gasteiger partial charge in [0, 0.05) is 0 Å². The zero-order valence-corrected chi connectivity index (χ0v) is 3.59. The second-order valence-electron chi connectivity index (χ2n) is 2.46. The molecular formula is C5H8O. The van der Waals surface area contributed by atoms with Crippen LogP contribution in [-0.4, -0.2) is 11.2 Å². The maximum Gasteiger partial charge on any atom is 0.0573 e. The fourth-order valence-corrected chi connectivity index (χ4v) is 1.30. The quantitative estimate of drug-likeness (QED) is 0.450. The Morgan fingerprint density at radius 1 is 1.33 bits per heavy atom. The second-order valence-corrected chi connectivity index (χ2v) is 2.46. The molecule has 2 aliphatic carbocycles. The van der Waals surface area contributed by atoms with Gasteiger partial charge < -0.3 is 5.11 Å². The average molecular weight is 84.1 g/mol. The molecule has 0 saturated heterocycles. The number of rotatable bonds is 0. The van der Waals surface area contributed by atoms with E-state index in [4.69, 9.17) is 5.11 Å². The van der Waals surface area contributed by atoms with Crippen molar-refractivity contribution in [1.82, 2.24) is 0 Å². The zero-order valence-electron chi connectivity index (χ0n) is 3.59. The van der Waals surface area contributed by atoms with E-state index < -0.39 is 0 Å². The van der Waals surface area contributed by atoms with Crippen molar-refractivity contribution in [2.75, 3.05) is 0 Å². The highest BCUT2D eigenvalue weighted by Gasteiger charge is 2.52. The summed E-state index contributed by atoms with van der Waals surface area (Å²) < 4.78 is 0. The van der Waals surface area contributed by atoms with Crippen LogP contribution in [0.1, 0.15) is 12.8 Å². The lowest BCUT2D eigenvalue weighted by atomic mass is 9.97. The maximum absolute atomic E-state index is 8.76. The number of fused-ring (bicyclic) bond motifs is 1. The Balaban J connectivity index is 2.08. The standard InChI is InChI=1S/C5H8O/c6-5-2-3-1-4(3)5/h3-6H,1-2H2/t3?,4-,5-/m1/s1. The van der Waals surface area contributed by atoms with Crippen LogP contribution in [0.15, 0.2) is 0 Å². The van der Waals surface area contributed by atoms with Crippen molar-refractivity contribution in [3.63, 3.8) is 0 Å². The summed E-state index contributed by atoms with van der Waals surface area (Å²) in [7, 11) is 0. The first-order valence-electron chi connectivity index (χ1n) is 2.56. The van der Waals surface area contributed by atoms with Crippen LogP contribution in [-0.2, 0) is 0 Å². The molecule has 2 fully saturated rings. The Kier molecular flexibility index (Phi) is 0.327. The Hall–Kier alpha value is -0.0400. The molecule has 0 radical (unpaired) electrons. The number of hydrogen-bond acceptors (Lipinski definition) is 1. The predicted octanol–water partition coefficient (Wildman–Crippen LogP) is 0.387. The summed E-state index contributed by atoms with van der Waals surface area (Å²) in [5.74, 6) is 1.71. The van der Waals surface area contributed by atoms with Gasteiger partial charge in [-0.3, -0.25) is 0 Å². The van der Waals surface area contributed by atoms with Crippen molar-refractivity contribution in [3.05, 3.63) is 0 Å². The number of aliphatic hydroxyl groups is 1. The van der Waals surface area contributed by atoms with Crippen molar-refractivity contribution in [2.45, 2.75) is 18.9 Å². The first-order chi connectivity index (χ1) is 2.88. The largest absolute Gasteiger partial charge is 0.393 e. The van der Waals surface area contributed by atoms with Crippen LogP contribution in [0.5, 0.6) is 0 Å². The first kappa shape index (κ1) is 3.03. The van der Waals surface area contributed by atoms with Gasteiger partial charge in [-0.2, -0.15) is 0 Å². The van der Waals surface area contributed by atoms with Crippen LogP contribution in [0.4, 0.5) is 0 Å². The molecule has 1 N–H and O–H groups in total. The Labute approximate surface area is 37.0 Å². The molecule has 6 heavy (non-hydrogen) atoms. The predicted molar refractivity (Wildman–Crippen MR) is 22.2 cm³/mol. The van der Waals surface area contributed by atoms with E-state index in [9.17, 15) is 0 Å². The summed E-state index contributed by atoms with van der Waals surface area (Å²) in [6.07, 6.45) is 2.53. The van der Waals surface area contributed by atoms with Gasteiger partial charge in [-0.25, -0.2) is 0 Å². The summed E-state index contributed by atoms with van der Waals surface area (Å²) >= 11 is 0. The van der Waals surface area contributed by atoms with Gasteiger partial charge in [0.1, 0.15) is 0 Å². The van der Waals surface area contributed by atoms with Crippen molar-refractivity contribution >= 4 is 0 Å². The lowest BCUT2D eigenvalue weighted by Gasteiger charge is -2.16. The van der Waals surface area contributed by atoms with E-state index in [2.05, 4.69) is 0 Å². The smallest absolute Gasteiger partial charge is 0.0573 e.